The zero-order valence-electron chi connectivity index (χ0n) is 24.6. The van der Waals surface area contributed by atoms with E-state index in [0.717, 1.165) is 18.8 Å². The fourth-order valence-corrected chi connectivity index (χ4v) is 5.81. The summed E-state index contributed by atoms with van der Waals surface area (Å²) >= 11 is 0. The quantitative estimate of drug-likeness (QED) is 0.0897. The summed E-state index contributed by atoms with van der Waals surface area (Å²) in [7, 11) is 5.10. The molecule has 0 radical (unpaired) electrons. The first-order valence-corrected chi connectivity index (χ1v) is 15.4. The van der Waals surface area contributed by atoms with E-state index in [0.29, 0.717) is 12.2 Å². The van der Waals surface area contributed by atoms with Gasteiger partial charge in [-0.1, -0.05) is 111 Å². The lowest BCUT2D eigenvalue weighted by Crippen LogP contribution is -2.44. The van der Waals surface area contributed by atoms with Crippen LogP contribution in [0.2, 0.25) is 0 Å². The van der Waals surface area contributed by atoms with E-state index in [1.807, 2.05) is 0 Å². The molecule has 0 aromatic carbocycles. The molecule has 0 spiro atoms. The molecule has 2 fully saturated rings. The van der Waals surface area contributed by atoms with Crippen molar-refractivity contribution >= 4 is 0 Å². The van der Waals surface area contributed by atoms with Crippen molar-refractivity contribution in [3.63, 3.8) is 0 Å². The molecule has 1 heterocycles. The van der Waals surface area contributed by atoms with Gasteiger partial charge in [-0.2, -0.15) is 0 Å². The maximum atomic E-state index is 5.69. The molecule has 0 N–H and O–H groups in total. The van der Waals surface area contributed by atoms with Gasteiger partial charge in [0.1, 0.15) is 0 Å². The molecule has 2 aliphatic rings. The second kappa shape index (κ2) is 20.8. The van der Waals surface area contributed by atoms with Crippen LogP contribution in [0.15, 0.2) is 0 Å². The molecular formula is C31H62O4. The third-order valence-electron chi connectivity index (χ3n) is 8.25. The van der Waals surface area contributed by atoms with Crippen LogP contribution in [0, 0.1) is 11.8 Å². The predicted octanol–water partition coefficient (Wildman–Crippen LogP) is 9.44. The number of hydrogen-bond acceptors (Lipinski definition) is 4. The summed E-state index contributed by atoms with van der Waals surface area (Å²) < 4.78 is 22.8. The summed E-state index contributed by atoms with van der Waals surface area (Å²) in [6.07, 6.45) is 27.7. The molecule has 0 bridgehead atoms. The Morgan fingerprint density at radius 3 is 1.57 bits per heavy atom. The van der Waals surface area contributed by atoms with Gasteiger partial charge in [-0.3, -0.25) is 0 Å². The summed E-state index contributed by atoms with van der Waals surface area (Å²) in [6.45, 7) is 6.80. The van der Waals surface area contributed by atoms with E-state index in [4.69, 9.17) is 18.9 Å². The van der Waals surface area contributed by atoms with E-state index in [1.165, 1.54) is 116 Å². The van der Waals surface area contributed by atoms with Crippen LogP contribution in [0.25, 0.3) is 0 Å². The van der Waals surface area contributed by atoms with Gasteiger partial charge in [0, 0.05) is 27.2 Å². The number of methoxy groups -OCH3 is 3. The third-order valence-corrected chi connectivity index (χ3v) is 8.25. The van der Waals surface area contributed by atoms with E-state index in [-0.39, 0.29) is 5.92 Å². The molecule has 1 saturated heterocycles. The van der Waals surface area contributed by atoms with Gasteiger partial charge in [-0.05, 0) is 44.4 Å². The Morgan fingerprint density at radius 1 is 0.629 bits per heavy atom. The molecule has 1 saturated carbocycles. The van der Waals surface area contributed by atoms with Gasteiger partial charge in [-0.15, -0.1) is 0 Å². The summed E-state index contributed by atoms with van der Waals surface area (Å²) in [5, 5.41) is 0. The fourth-order valence-electron chi connectivity index (χ4n) is 5.81. The molecule has 1 aliphatic heterocycles. The molecule has 4 atom stereocenters. The van der Waals surface area contributed by atoms with Crippen molar-refractivity contribution < 1.29 is 18.9 Å². The van der Waals surface area contributed by atoms with Gasteiger partial charge in [0.05, 0.1) is 12.2 Å². The van der Waals surface area contributed by atoms with Gasteiger partial charge in [-0.25, -0.2) is 0 Å². The number of epoxide rings is 1. The molecule has 35 heavy (non-hydrogen) atoms. The molecule has 2 rings (SSSR count). The Balaban J connectivity index is 0.000000518. The maximum absolute atomic E-state index is 5.69. The van der Waals surface area contributed by atoms with E-state index >= 15 is 0 Å². The average Bonchev–Trinajstić information content (AvgIpc) is 3.67. The molecule has 4 nitrogen and oxygen atoms in total. The van der Waals surface area contributed by atoms with E-state index < -0.39 is 5.97 Å². The lowest BCUT2D eigenvalue weighted by atomic mass is 9.82. The molecule has 0 amide bonds. The van der Waals surface area contributed by atoms with Crippen molar-refractivity contribution in [2.75, 3.05) is 21.3 Å². The maximum Gasteiger partial charge on any atom is 0.285 e. The first-order chi connectivity index (χ1) is 17.1. The van der Waals surface area contributed by atoms with Crippen LogP contribution in [-0.4, -0.2) is 39.5 Å². The monoisotopic (exact) mass is 498 g/mol. The van der Waals surface area contributed by atoms with Crippen LogP contribution in [0.3, 0.4) is 0 Å². The zero-order chi connectivity index (χ0) is 25.8. The molecular weight excluding hydrogens is 436 g/mol. The van der Waals surface area contributed by atoms with Crippen molar-refractivity contribution in [3.8, 4) is 0 Å². The number of fused-ring (bicyclic) bond motifs is 1. The summed E-state index contributed by atoms with van der Waals surface area (Å²) in [5.41, 5.74) is 0. The second-order valence-electron chi connectivity index (χ2n) is 11.1. The number of hydrogen-bond donors (Lipinski definition) is 0. The normalized spacial score (nSPS) is 22.3. The van der Waals surface area contributed by atoms with Crippen LogP contribution in [-0.2, 0) is 18.9 Å². The molecule has 0 aromatic heterocycles. The SMILES string of the molecule is CCCCCCCCC(CCC1CCC2OC2C1)C(OC)(OC)OC.CCCCCCCCCC. The first-order valence-electron chi connectivity index (χ1n) is 15.4. The standard InChI is InChI=1S/C21H40O4.C10H22/c1-5-6-7-8-9-10-11-18(21(22-2,23-3)24-4)14-12-17-13-15-19-20(16-17)25-19;1-3-5-7-9-10-8-6-4-2/h17-20H,5-16H2,1-4H3;3-10H2,1-2H3. The first kappa shape index (κ1) is 32.9. The topological polar surface area (TPSA) is 40.2 Å². The van der Waals surface area contributed by atoms with Crippen LogP contribution < -0.4 is 0 Å². The minimum atomic E-state index is -0.892. The van der Waals surface area contributed by atoms with Crippen molar-refractivity contribution in [1.29, 1.82) is 0 Å². The Hall–Kier alpha value is -0.160. The van der Waals surface area contributed by atoms with Crippen LogP contribution in [0.1, 0.15) is 149 Å². The lowest BCUT2D eigenvalue weighted by Gasteiger charge is -2.37. The second-order valence-corrected chi connectivity index (χ2v) is 11.1. The zero-order valence-corrected chi connectivity index (χ0v) is 24.6. The van der Waals surface area contributed by atoms with Crippen LogP contribution >= 0.6 is 0 Å². The van der Waals surface area contributed by atoms with Gasteiger partial charge in [0.25, 0.3) is 5.97 Å². The Labute approximate surface area is 219 Å². The van der Waals surface area contributed by atoms with Gasteiger partial charge < -0.3 is 18.9 Å². The van der Waals surface area contributed by atoms with Crippen molar-refractivity contribution in [3.05, 3.63) is 0 Å². The molecule has 0 aromatic rings. The highest BCUT2D eigenvalue weighted by molar-refractivity contribution is 4.92. The van der Waals surface area contributed by atoms with Crippen molar-refractivity contribution in [1.82, 2.24) is 0 Å². The van der Waals surface area contributed by atoms with E-state index in [2.05, 4.69) is 20.8 Å². The van der Waals surface area contributed by atoms with Crippen molar-refractivity contribution in [2.45, 2.75) is 167 Å². The van der Waals surface area contributed by atoms with Gasteiger partial charge in [0.2, 0.25) is 0 Å². The summed E-state index contributed by atoms with van der Waals surface area (Å²) in [6, 6.07) is 0. The minimum absolute atomic E-state index is 0.288. The highest BCUT2D eigenvalue weighted by Crippen LogP contribution is 2.42. The van der Waals surface area contributed by atoms with E-state index in [9.17, 15) is 0 Å². The Morgan fingerprint density at radius 2 is 1.11 bits per heavy atom. The van der Waals surface area contributed by atoms with Crippen LogP contribution in [0.5, 0.6) is 0 Å². The smallest absolute Gasteiger partial charge is 0.285 e. The number of unbranched alkanes of at least 4 members (excludes halogenated alkanes) is 12. The van der Waals surface area contributed by atoms with Crippen molar-refractivity contribution in [2.24, 2.45) is 11.8 Å². The van der Waals surface area contributed by atoms with Gasteiger partial charge >= 0.3 is 0 Å². The number of ether oxygens (including phenoxy) is 4. The average molecular weight is 499 g/mol. The fraction of sp³-hybridized carbons (Fsp3) is 1.00. The predicted molar refractivity (Wildman–Crippen MR) is 149 cm³/mol. The molecule has 4 heteroatoms. The molecule has 210 valence electrons. The Kier molecular flexibility index (Phi) is 19.6. The Bertz CT molecular complexity index is 449. The molecule has 4 unspecified atom stereocenters. The lowest BCUT2D eigenvalue weighted by molar-refractivity contribution is -0.380. The third kappa shape index (κ3) is 13.8. The summed E-state index contributed by atoms with van der Waals surface area (Å²) in [4.78, 5) is 0. The van der Waals surface area contributed by atoms with Gasteiger partial charge in [0.15, 0.2) is 0 Å². The highest BCUT2D eigenvalue weighted by atomic mass is 16.9. The largest absolute Gasteiger partial charge is 0.370 e. The van der Waals surface area contributed by atoms with Crippen LogP contribution in [0.4, 0.5) is 0 Å². The van der Waals surface area contributed by atoms with E-state index in [1.54, 1.807) is 21.3 Å². The molecule has 1 aliphatic carbocycles. The minimum Gasteiger partial charge on any atom is -0.370 e. The number of rotatable bonds is 21. The highest BCUT2D eigenvalue weighted by Gasteiger charge is 2.45. The summed E-state index contributed by atoms with van der Waals surface area (Å²) in [5.74, 6) is 0.187.